The first-order valence-corrected chi connectivity index (χ1v) is 7.11. The average Bonchev–Trinajstić information content (AvgIpc) is 2.77. The van der Waals surface area contributed by atoms with Crippen LogP contribution in [0.3, 0.4) is 0 Å². The fourth-order valence-electron chi connectivity index (χ4n) is 2.94. The summed E-state index contributed by atoms with van der Waals surface area (Å²) in [6.07, 6.45) is 1.34. The summed E-state index contributed by atoms with van der Waals surface area (Å²) in [7, 11) is 0. The number of benzene rings is 1. The van der Waals surface area contributed by atoms with Crippen LogP contribution in [0.15, 0.2) is 23.0 Å². The first kappa shape index (κ1) is 13.2. The topological polar surface area (TPSA) is 69.9 Å². The van der Waals surface area contributed by atoms with E-state index in [0.717, 1.165) is 29.7 Å². The highest BCUT2D eigenvalue weighted by Crippen LogP contribution is 2.44. The van der Waals surface area contributed by atoms with Crippen molar-refractivity contribution in [2.24, 2.45) is 5.41 Å². The summed E-state index contributed by atoms with van der Waals surface area (Å²) in [6.45, 7) is 7.25. The van der Waals surface area contributed by atoms with Crippen molar-refractivity contribution in [3.05, 3.63) is 28.7 Å². The minimum Gasteiger partial charge on any atom is -0.382 e. The van der Waals surface area contributed by atoms with E-state index in [-0.39, 0.29) is 11.1 Å². The molecule has 0 bridgehead atoms. The van der Waals surface area contributed by atoms with Crippen LogP contribution in [0.5, 0.6) is 0 Å². The van der Waals surface area contributed by atoms with Gasteiger partial charge in [-0.1, -0.05) is 13.8 Å². The number of rotatable bonds is 4. The lowest BCUT2D eigenvalue weighted by molar-refractivity contribution is -0.0975. The van der Waals surface area contributed by atoms with Crippen LogP contribution in [0.25, 0.3) is 11.0 Å². The molecule has 0 aliphatic heterocycles. The minimum atomic E-state index is -0.169. The Morgan fingerprint density at radius 2 is 2.10 bits per heavy atom. The molecule has 20 heavy (non-hydrogen) atoms. The average molecular weight is 275 g/mol. The van der Waals surface area contributed by atoms with Crippen molar-refractivity contribution in [2.75, 3.05) is 11.9 Å². The van der Waals surface area contributed by atoms with Crippen LogP contribution in [0.1, 0.15) is 27.2 Å². The molecular weight excluding hydrogens is 254 g/mol. The SMILES string of the molecule is CCOC1CC(Nc2ccc3[nH]c(=O)[nH]c3c2)C1(C)C. The van der Waals surface area contributed by atoms with Crippen molar-refractivity contribution in [3.8, 4) is 0 Å². The lowest BCUT2D eigenvalue weighted by Crippen LogP contribution is -2.58. The lowest BCUT2D eigenvalue weighted by atomic mass is 9.64. The van der Waals surface area contributed by atoms with Crippen molar-refractivity contribution >= 4 is 16.7 Å². The van der Waals surface area contributed by atoms with Gasteiger partial charge in [0, 0.05) is 23.8 Å². The summed E-state index contributed by atoms with van der Waals surface area (Å²) in [4.78, 5) is 16.8. The molecule has 1 saturated carbocycles. The van der Waals surface area contributed by atoms with Crippen LogP contribution in [0.4, 0.5) is 5.69 Å². The molecule has 1 heterocycles. The number of hydrogen-bond acceptors (Lipinski definition) is 3. The third-order valence-corrected chi connectivity index (χ3v) is 4.40. The van der Waals surface area contributed by atoms with E-state index in [1.807, 2.05) is 25.1 Å². The monoisotopic (exact) mass is 275 g/mol. The second-order valence-corrected chi connectivity index (χ2v) is 6.04. The highest BCUT2D eigenvalue weighted by Gasteiger charge is 2.48. The van der Waals surface area contributed by atoms with Crippen LogP contribution >= 0.6 is 0 Å². The lowest BCUT2D eigenvalue weighted by Gasteiger charge is -2.52. The fraction of sp³-hybridized carbons (Fsp3) is 0.533. The number of aromatic nitrogens is 2. The predicted molar refractivity (Wildman–Crippen MR) is 80.1 cm³/mol. The van der Waals surface area contributed by atoms with Gasteiger partial charge in [-0.25, -0.2) is 4.79 Å². The van der Waals surface area contributed by atoms with Crippen molar-refractivity contribution in [1.82, 2.24) is 9.97 Å². The molecule has 2 atom stereocenters. The van der Waals surface area contributed by atoms with Gasteiger partial charge in [0.05, 0.1) is 17.1 Å². The molecule has 108 valence electrons. The van der Waals surface area contributed by atoms with Gasteiger partial charge in [-0.3, -0.25) is 0 Å². The summed E-state index contributed by atoms with van der Waals surface area (Å²) >= 11 is 0. The second-order valence-electron chi connectivity index (χ2n) is 6.04. The van der Waals surface area contributed by atoms with Gasteiger partial charge >= 0.3 is 5.69 Å². The highest BCUT2D eigenvalue weighted by atomic mass is 16.5. The molecule has 2 aromatic rings. The summed E-state index contributed by atoms with van der Waals surface area (Å²) in [5.41, 5.74) is 2.65. The third kappa shape index (κ3) is 2.12. The highest BCUT2D eigenvalue weighted by molar-refractivity contribution is 5.78. The van der Waals surface area contributed by atoms with E-state index in [1.165, 1.54) is 0 Å². The summed E-state index contributed by atoms with van der Waals surface area (Å²) in [5, 5.41) is 3.54. The zero-order chi connectivity index (χ0) is 14.3. The molecule has 5 nitrogen and oxygen atoms in total. The van der Waals surface area contributed by atoms with Gasteiger partial charge in [0.15, 0.2) is 0 Å². The number of ether oxygens (including phenoxy) is 1. The Morgan fingerprint density at radius 3 is 2.80 bits per heavy atom. The van der Waals surface area contributed by atoms with Gasteiger partial charge in [-0.15, -0.1) is 0 Å². The minimum absolute atomic E-state index is 0.122. The number of anilines is 1. The maximum Gasteiger partial charge on any atom is 0.323 e. The van der Waals surface area contributed by atoms with E-state index in [0.29, 0.717) is 12.1 Å². The van der Waals surface area contributed by atoms with E-state index in [1.54, 1.807) is 0 Å². The Balaban J connectivity index is 1.75. The van der Waals surface area contributed by atoms with Crippen LogP contribution < -0.4 is 11.0 Å². The third-order valence-electron chi connectivity index (χ3n) is 4.40. The van der Waals surface area contributed by atoms with Crippen LogP contribution in [0, 0.1) is 5.41 Å². The molecule has 0 saturated heterocycles. The first-order valence-electron chi connectivity index (χ1n) is 7.11. The number of aromatic amines is 2. The zero-order valence-electron chi connectivity index (χ0n) is 12.1. The molecule has 1 aromatic heterocycles. The predicted octanol–water partition coefficient (Wildman–Crippen LogP) is 2.47. The number of fused-ring (bicyclic) bond motifs is 1. The van der Waals surface area contributed by atoms with Gasteiger partial charge < -0.3 is 20.0 Å². The van der Waals surface area contributed by atoms with Gasteiger partial charge in [0.1, 0.15) is 0 Å². The summed E-state index contributed by atoms with van der Waals surface area (Å²) in [6, 6.07) is 6.27. The molecule has 5 heteroatoms. The number of imidazole rings is 1. The summed E-state index contributed by atoms with van der Waals surface area (Å²) in [5.74, 6) is 0. The smallest absolute Gasteiger partial charge is 0.323 e. The Labute approximate surface area is 117 Å². The molecule has 1 aromatic carbocycles. The first-order chi connectivity index (χ1) is 9.50. The van der Waals surface area contributed by atoms with E-state index >= 15 is 0 Å². The van der Waals surface area contributed by atoms with Gasteiger partial charge in [-0.2, -0.15) is 0 Å². The molecule has 1 aliphatic rings. The van der Waals surface area contributed by atoms with E-state index in [4.69, 9.17) is 4.74 Å². The fourth-order valence-corrected chi connectivity index (χ4v) is 2.94. The van der Waals surface area contributed by atoms with Crippen molar-refractivity contribution in [1.29, 1.82) is 0 Å². The van der Waals surface area contributed by atoms with Crippen molar-refractivity contribution in [3.63, 3.8) is 0 Å². The molecule has 1 aliphatic carbocycles. The molecule has 0 radical (unpaired) electrons. The van der Waals surface area contributed by atoms with E-state index in [9.17, 15) is 4.79 Å². The molecule has 1 fully saturated rings. The van der Waals surface area contributed by atoms with Gasteiger partial charge in [0.2, 0.25) is 0 Å². The Kier molecular flexibility index (Phi) is 3.09. The van der Waals surface area contributed by atoms with Gasteiger partial charge in [0.25, 0.3) is 0 Å². The van der Waals surface area contributed by atoms with E-state index in [2.05, 4.69) is 29.1 Å². The number of nitrogens with one attached hydrogen (secondary N) is 3. The Hall–Kier alpha value is -1.75. The standard InChI is InChI=1S/C15H21N3O2/c1-4-20-13-8-12(15(13,2)3)16-9-5-6-10-11(7-9)18-14(19)17-10/h5-7,12-13,16H,4,8H2,1-3H3,(H2,17,18,19). The summed E-state index contributed by atoms with van der Waals surface area (Å²) < 4.78 is 5.74. The van der Waals surface area contributed by atoms with Crippen LogP contribution in [0.2, 0.25) is 0 Å². The molecular formula is C15H21N3O2. The molecule has 3 N–H and O–H groups in total. The maximum atomic E-state index is 11.3. The van der Waals surface area contributed by atoms with Crippen LogP contribution in [-0.4, -0.2) is 28.7 Å². The largest absolute Gasteiger partial charge is 0.382 e. The molecule has 0 spiro atoms. The zero-order valence-corrected chi connectivity index (χ0v) is 12.1. The van der Waals surface area contributed by atoms with Crippen molar-refractivity contribution in [2.45, 2.75) is 39.3 Å². The molecule has 2 unspecified atom stereocenters. The number of hydrogen-bond donors (Lipinski definition) is 3. The molecule has 0 amide bonds. The van der Waals surface area contributed by atoms with Crippen LogP contribution in [-0.2, 0) is 4.74 Å². The van der Waals surface area contributed by atoms with Crippen molar-refractivity contribution < 1.29 is 4.74 Å². The quantitative estimate of drug-likeness (QED) is 0.803. The van der Waals surface area contributed by atoms with E-state index < -0.39 is 0 Å². The van der Waals surface area contributed by atoms with Gasteiger partial charge in [-0.05, 0) is 31.5 Å². The Bertz CT molecular complexity index is 671. The normalized spacial score (nSPS) is 24.6. The maximum absolute atomic E-state index is 11.3. The Morgan fingerprint density at radius 1 is 1.35 bits per heavy atom. The number of H-pyrrole nitrogens is 2. The second kappa shape index (κ2) is 4.66. The molecule has 3 rings (SSSR count).